The average Bonchev–Trinajstić information content (AvgIpc) is 2.17. The summed E-state index contributed by atoms with van der Waals surface area (Å²) in [6.45, 7) is 7.04. The van der Waals surface area contributed by atoms with E-state index < -0.39 is 8.07 Å². The molecule has 0 saturated heterocycles. The van der Waals surface area contributed by atoms with Crippen molar-refractivity contribution < 1.29 is 9.84 Å². The third-order valence-corrected chi connectivity index (χ3v) is 5.33. The Bertz CT molecular complexity index is 318. The normalized spacial score (nSPS) is 13.7. The predicted octanol–water partition coefficient (Wildman–Crippen LogP) is 2.65. The van der Waals surface area contributed by atoms with Gasteiger partial charge in [0, 0.05) is 12.1 Å². The number of ether oxygens (including phenoxy) is 1. The molecule has 1 N–H and O–H groups in total. The molecule has 1 aromatic carbocycles. The number of hydrogen-bond donors (Lipinski definition) is 1. The van der Waals surface area contributed by atoms with Crippen molar-refractivity contribution in [3.8, 4) is 5.75 Å². The maximum atomic E-state index is 9.47. The van der Waals surface area contributed by atoms with Crippen LogP contribution in [-0.2, 0) is 0 Å². The summed E-state index contributed by atoms with van der Waals surface area (Å²) in [5.41, 5.74) is 1.48. The maximum Gasteiger partial charge on any atom is 0.119 e. The van der Waals surface area contributed by atoms with E-state index in [2.05, 4.69) is 25.7 Å². The number of benzene rings is 1. The Kier molecular flexibility index (Phi) is 3.94. The highest BCUT2D eigenvalue weighted by Gasteiger charge is 2.27. The zero-order valence-electron chi connectivity index (χ0n) is 9.95. The average molecular weight is 224 g/mol. The molecule has 0 heterocycles. The highest BCUT2D eigenvalue weighted by molar-refractivity contribution is 6.77. The van der Waals surface area contributed by atoms with Crippen molar-refractivity contribution in [3.63, 3.8) is 0 Å². The molecule has 1 rings (SSSR count). The van der Waals surface area contributed by atoms with Gasteiger partial charge in [0.05, 0.1) is 15.2 Å². The number of aliphatic hydroxyl groups is 1. The summed E-state index contributed by atoms with van der Waals surface area (Å²) in [6.07, 6.45) is 0. The molecular formula is C12H20O2Si. The van der Waals surface area contributed by atoms with Gasteiger partial charge < -0.3 is 9.84 Å². The van der Waals surface area contributed by atoms with Crippen molar-refractivity contribution in [2.24, 2.45) is 0 Å². The van der Waals surface area contributed by atoms with Gasteiger partial charge in [-0.1, -0.05) is 31.8 Å². The van der Waals surface area contributed by atoms with E-state index in [4.69, 9.17) is 4.74 Å². The molecule has 0 bridgehead atoms. The Morgan fingerprint density at radius 2 is 2.00 bits per heavy atom. The van der Waals surface area contributed by atoms with Crippen LogP contribution >= 0.6 is 0 Å². The molecule has 0 amide bonds. The van der Waals surface area contributed by atoms with Crippen molar-refractivity contribution in [2.75, 3.05) is 13.7 Å². The Balaban J connectivity index is 3.02. The van der Waals surface area contributed by atoms with Crippen LogP contribution in [0.5, 0.6) is 5.75 Å². The fourth-order valence-corrected chi connectivity index (χ4v) is 3.46. The highest BCUT2D eigenvalue weighted by Crippen LogP contribution is 2.28. The van der Waals surface area contributed by atoms with E-state index in [1.54, 1.807) is 7.11 Å². The quantitative estimate of drug-likeness (QED) is 0.797. The van der Waals surface area contributed by atoms with E-state index in [9.17, 15) is 5.11 Å². The summed E-state index contributed by atoms with van der Waals surface area (Å²) in [6, 6.07) is 8.01. The van der Waals surface area contributed by atoms with Crippen molar-refractivity contribution in [2.45, 2.75) is 25.2 Å². The topological polar surface area (TPSA) is 29.5 Å². The van der Waals surface area contributed by atoms with Crippen LogP contribution < -0.4 is 4.74 Å². The minimum atomic E-state index is -1.37. The fourth-order valence-electron chi connectivity index (χ4n) is 1.74. The first kappa shape index (κ1) is 12.3. The molecule has 3 heteroatoms. The molecule has 2 nitrogen and oxygen atoms in total. The molecule has 0 aliphatic rings. The Hall–Kier alpha value is -0.803. The van der Waals surface area contributed by atoms with Crippen LogP contribution in [0.2, 0.25) is 19.6 Å². The fraction of sp³-hybridized carbons (Fsp3) is 0.500. The van der Waals surface area contributed by atoms with Gasteiger partial charge in [-0.3, -0.25) is 0 Å². The minimum absolute atomic E-state index is 0.225. The third kappa shape index (κ3) is 3.07. The van der Waals surface area contributed by atoms with Crippen LogP contribution in [0.4, 0.5) is 0 Å². The molecule has 84 valence electrons. The summed E-state index contributed by atoms with van der Waals surface area (Å²) in [4.78, 5) is 0. The second kappa shape index (κ2) is 4.81. The van der Waals surface area contributed by atoms with Gasteiger partial charge in [-0.15, -0.1) is 0 Å². The van der Waals surface area contributed by atoms with Crippen LogP contribution in [0.15, 0.2) is 24.3 Å². The molecule has 1 atom stereocenters. The van der Waals surface area contributed by atoms with Crippen molar-refractivity contribution in [1.82, 2.24) is 0 Å². The lowest BCUT2D eigenvalue weighted by atomic mass is 10.1. The lowest BCUT2D eigenvalue weighted by Crippen LogP contribution is -2.33. The lowest BCUT2D eigenvalue weighted by molar-refractivity contribution is 0.290. The van der Waals surface area contributed by atoms with E-state index in [-0.39, 0.29) is 12.1 Å². The van der Waals surface area contributed by atoms with Gasteiger partial charge in [0.15, 0.2) is 0 Å². The number of aliphatic hydroxyl groups excluding tert-OH is 1. The van der Waals surface area contributed by atoms with Gasteiger partial charge in [0.1, 0.15) is 5.75 Å². The molecule has 0 aliphatic heterocycles. The Labute approximate surface area is 92.9 Å². The molecule has 0 radical (unpaired) electrons. The number of methoxy groups -OCH3 is 1. The Morgan fingerprint density at radius 3 is 2.47 bits per heavy atom. The van der Waals surface area contributed by atoms with E-state index in [1.807, 2.05) is 18.2 Å². The van der Waals surface area contributed by atoms with Crippen molar-refractivity contribution >= 4 is 8.07 Å². The second-order valence-electron chi connectivity index (χ2n) is 4.88. The lowest BCUT2D eigenvalue weighted by Gasteiger charge is -2.27. The van der Waals surface area contributed by atoms with E-state index in [1.165, 1.54) is 5.56 Å². The molecule has 15 heavy (non-hydrogen) atoms. The molecular weight excluding hydrogens is 204 g/mol. The van der Waals surface area contributed by atoms with E-state index in [0.717, 1.165) is 5.75 Å². The number of rotatable bonds is 4. The first-order valence-electron chi connectivity index (χ1n) is 5.24. The van der Waals surface area contributed by atoms with Gasteiger partial charge >= 0.3 is 0 Å². The molecule has 0 spiro atoms. The van der Waals surface area contributed by atoms with E-state index in [0.29, 0.717) is 0 Å². The molecule has 0 aliphatic carbocycles. The third-order valence-electron chi connectivity index (χ3n) is 2.72. The van der Waals surface area contributed by atoms with Crippen LogP contribution in [-0.4, -0.2) is 26.9 Å². The van der Waals surface area contributed by atoms with Gasteiger partial charge in [-0.05, 0) is 17.7 Å². The van der Waals surface area contributed by atoms with Crippen LogP contribution in [0.3, 0.4) is 0 Å². The smallest absolute Gasteiger partial charge is 0.119 e. The predicted molar refractivity (Wildman–Crippen MR) is 66.2 cm³/mol. The van der Waals surface area contributed by atoms with Gasteiger partial charge in [0.25, 0.3) is 0 Å². The second-order valence-corrected chi connectivity index (χ2v) is 10.3. The monoisotopic (exact) mass is 224 g/mol. The molecule has 0 fully saturated rings. The van der Waals surface area contributed by atoms with Gasteiger partial charge in [-0.2, -0.15) is 0 Å². The minimum Gasteiger partial charge on any atom is -0.497 e. The van der Waals surface area contributed by atoms with Gasteiger partial charge in [-0.25, -0.2) is 0 Å². The highest BCUT2D eigenvalue weighted by atomic mass is 28.3. The Morgan fingerprint density at radius 1 is 1.33 bits per heavy atom. The van der Waals surface area contributed by atoms with Crippen molar-refractivity contribution in [1.29, 1.82) is 0 Å². The summed E-state index contributed by atoms with van der Waals surface area (Å²) < 4.78 is 5.20. The molecule has 0 saturated carbocycles. The molecule has 1 aromatic rings. The first-order valence-corrected chi connectivity index (χ1v) is 8.81. The maximum absolute atomic E-state index is 9.47. The number of hydrogen-bond acceptors (Lipinski definition) is 2. The summed E-state index contributed by atoms with van der Waals surface area (Å²) in [7, 11) is 0.300. The van der Waals surface area contributed by atoms with Crippen molar-refractivity contribution in [3.05, 3.63) is 29.8 Å². The summed E-state index contributed by atoms with van der Waals surface area (Å²) >= 11 is 0. The first-order chi connectivity index (χ1) is 6.99. The van der Waals surface area contributed by atoms with Crippen LogP contribution in [0.1, 0.15) is 11.1 Å². The SMILES string of the molecule is COc1cccc(C(CO)[Si](C)(C)C)c1. The summed E-state index contributed by atoms with van der Waals surface area (Å²) in [5, 5.41) is 9.47. The summed E-state index contributed by atoms with van der Waals surface area (Å²) in [5.74, 6) is 0.865. The van der Waals surface area contributed by atoms with Crippen LogP contribution in [0, 0.1) is 0 Å². The van der Waals surface area contributed by atoms with E-state index >= 15 is 0 Å². The molecule has 1 unspecified atom stereocenters. The molecule has 0 aromatic heterocycles. The zero-order valence-corrected chi connectivity index (χ0v) is 10.9. The zero-order chi connectivity index (χ0) is 11.5. The largest absolute Gasteiger partial charge is 0.497 e. The standard InChI is InChI=1S/C12H20O2Si/c1-14-11-7-5-6-10(8-11)12(9-13)15(2,3)4/h5-8,12-13H,9H2,1-4H3. The van der Waals surface area contributed by atoms with Crippen LogP contribution in [0.25, 0.3) is 0 Å². The van der Waals surface area contributed by atoms with Gasteiger partial charge in [0.2, 0.25) is 0 Å².